The number of cyclic esters (lactones) is 1. The minimum atomic E-state index is -1.69. The van der Waals surface area contributed by atoms with Gasteiger partial charge in [-0.05, 0) is 82.7 Å². The van der Waals surface area contributed by atoms with Crippen LogP contribution in [0, 0.1) is 24.5 Å². The number of esters is 1. The van der Waals surface area contributed by atoms with Crippen LogP contribution >= 0.6 is 0 Å². The molecule has 2 aromatic rings. The Bertz CT molecular complexity index is 1890. The van der Waals surface area contributed by atoms with Crippen LogP contribution in [-0.2, 0) is 39.9 Å². The molecule has 18 heteroatoms. The van der Waals surface area contributed by atoms with Crippen LogP contribution < -0.4 is 21.3 Å². The van der Waals surface area contributed by atoms with E-state index in [1.54, 1.807) is 24.3 Å². The first-order valence-corrected chi connectivity index (χ1v) is 19.3. The molecule has 0 saturated carbocycles. The van der Waals surface area contributed by atoms with Crippen molar-refractivity contribution in [2.24, 2.45) is 5.92 Å². The van der Waals surface area contributed by atoms with E-state index in [-0.39, 0.29) is 37.4 Å². The van der Waals surface area contributed by atoms with Gasteiger partial charge in [-0.1, -0.05) is 24.6 Å². The fourth-order valence-electron chi connectivity index (χ4n) is 7.78. The number of ether oxygens (including phenoxy) is 1. The van der Waals surface area contributed by atoms with Crippen LogP contribution in [0.2, 0.25) is 0 Å². The maximum Gasteiger partial charge on any atom is 0.329 e. The number of hydrogen-bond donors (Lipinski definition) is 5. The second kappa shape index (κ2) is 18.3. The number of anilines is 1. The number of urea groups is 1. The van der Waals surface area contributed by atoms with Gasteiger partial charge in [0.25, 0.3) is 0 Å². The number of rotatable bonds is 7. The van der Waals surface area contributed by atoms with E-state index in [2.05, 4.69) is 21.3 Å². The van der Waals surface area contributed by atoms with E-state index >= 15 is 0 Å². The van der Waals surface area contributed by atoms with Gasteiger partial charge in [0, 0.05) is 38.3 Å². The number of fused-ring (bicyclic) bond motifs is 2. The molecule has 3 heterocycles. The number of carbonyl (C=O) groups excluding carboxylic acids is 7. The summed E-state index contributed by atoms with van der Waals surface area (Å²) in [6, 6.07) is 0.333. The van der Waals surface area contributed by atoms with Crippen molar-refractivity contribution < 1.29 is 52.2 Å². The van der Waals surface area contributed by atoms with Gasteiger partial charge >= 0.3 is 12.0 Å². The second-order valence-electron chi connectivity index (χ2n) is 15.5. The van der Waals surface area contributed by atoms with Crippen molar-refractivity contribution >= 4 is 47.2 Å². The lowest BCUT2D eigenvalue weighted by atomic mass is 10.0. The highest BCUT2D eigenvalue weighted by Gasteiger charge is 2.47. The SMILES string of the molecule is Cc1ccc(NC(=O)N[C@@H](Cc2cc(F)cc(F)c2)C(=O)N[C@@H]2C(=O)N3CCC[C@H]3C(=O)N(C)[C@@H]([C@@H](C)O)C(=O)N[C@@H](C)C(=O)N3C[C@H](C)C[C@H]3C(=O)O[C@H]2C)cc1. The number of nitrogens with one attached hydrogen (secondary N) is 4. The Labute approximate surface area is 335 Å². The maximum atomic E-state index is 14.6. The Morgan fingerprint density at radius 2 is 1.60 bits per heavy atom. The summed E-state index contributed by atoms with van der Waals surface area (Å²) in [6.07, 6.45) is -2.58. The van der Waals surface area contributed by atoms with Crippen LogP contribution in [0.25, 0.3) is 0 Å². The van der Waals surface area contributed by atoms with E-state index in [0.29, 0.717) is 18.2 Å². The molecule has 16 nitrogen and oxygen atoms in total. The van der Waals surface area contributed by atoms with Gasteiger partial charge < -0.3 is 45.8 Å². The van der Waals surface area contributed by atoms with Gasteiger partial charge in [-0.25, -0.2) is 18.4 Å². The summed E-state index contributed by atoms with van der Waals surface area (Å²) in [5.41, 5.74) is 1.29. The van der Waals surface area contributed by atoms with Crippen molar-refractivity contribution in [3.05, 3.63) is 65.2 Å². The highest BCUT2D eigenvalue weighted by molar-refractivity contribution is 5.98. The van der Waals surface area contributed by atoms with Crippen LogP contribution in [0.1, 0.15) is 58.1 Å². The molecule has 58 heavy (non-hydrogen) atoms. The molecule has 0 aliphatic carbocycles. The lowest BCUT2D eigenvalue weighted by molar-refractivity contribution is -0.163. The molecule has 0 bridgehead atoms. The summed E-state index contributed by atoms with van der Waals surface area (Å²) in [6.45, 7) is 7.92. The summed E-state index contributed by atoms with van der Waals surface area (Å²) < 4.78 is 34.4. The van der Waals surface area contributed by atoms with E-state index in [4.69, 9.17) is 4.74 Å². The van der Waals surface area contributed by atoms with Crippen LogP contribution in [-0.4, -0.2) is 130 Å². The van der Waals surface area contributed by atoms with Gasteiger partial charge in [0.1, 0.15) is 54.0 Å². The van der Waals surface area contributed by atoms with E-state index in [9.17, 15) is 47.4 Å². The molecule has 5 rings (SSSR count). The molecule has 3 aliphatic rings. The minimum absolute atomic E-state index is 0.00337. The molecule has 314 valence electrons. The molecule has 7 amide bonds. The lowest BCUT2D eigenvalue weighted by Gasteiger charge is -2.37. The quantitative estimate of drug-likeness (QED) is 0.256. The van der Waals surface area contributed by atoms with Crippen molar-refractivity contribution in [3.8, 4) is 0 Å². The molecule has 5 N–H and O–H groups in total. The highest BCUT2D eigenvalue weighted by atomic mass is 19.1. The first-order chi connectivity index (χ1) is 27.3. The van der Waals surface area contributed by atoms with E-state index in [1.807, 2.05) is 13.8 Å². The van der Waals surface area contributed by atoms with Crippen molar-refractivity contribution in [3.63, 3.8) is 0 Å². The average Bonchev–Trinajstić information content (AvgIpc) is 3.80. The second-order valence-corrected chi connectivity index (χ2v) is 15.5. The summed E-state index contributed by atoms with van der Waals surface area (Å²) in [7, 11) is 1.30. The predicted octanol–water partition coefficient (Wildman–Crippen LogP) is 1.38. The number of aliphatic hydroxyl groups is 1. The largest absolute Gasteiger partial charge is 0.458 e. The Balaban J connectivity index is 1.51. The van der Waals surface area contributed by atoms with E-state index in [1.165, 1.54) is 37.6 Å². The molecule has 3 fully saturated rings. The third kappa shape index (κ3) is 10.1. The first kappa shape index (κ1) is 43.5. The standard InChI is InChI=1S/C40H51F2N7O9/c1-20-9-11-28(12-10-20)44-40(57)45-29(17-25-15-26(41)18-27(42)16-25)34(51)46-32-24(5)58-39(56)31-14-21(2)19-49(31)36(53)22(3)43-35(52)33(23(4)50)47(6)37(54)30-8-7-13-48(30)38(32)55/h9-12,15-16,18,21-24,29-33,50H,7-8,13-14,17,19H2,1-6H3,(H,43,52)(H,46,51)(H2,44,45,57)/t21-,22+,23-,24+,29+,30+,31+,32+,33+/m1/s1. The molecule has 0 unspecified atom stereocenters. The van der Waals surface area contributed by atoms with Crippen molar-refractivity contribution in [1.82, 2.24) is 30.7 Å². The van der Waals surface area contributed by atoms with Gasteiger partial charge in [0.15, 0.2) is 0 Å². The van der Waals surface area contributed by atoms with Crippen LogP contribution in [0.4, 0.5) is 19.3 Å². The fraction of sp³-hybridized carbons (Fsp3) is 0.525. The van der Waals surface area contributed by atoms with Crippen LogP contribution in [0.3, 0.4) is 0 Å². The molecular weight excluding hydrogens is 760 g/mol. The zero-order valence-corrected chi connectivity index (χ0v) is 33.3. The number of benzene rings is 2. The van der Waals surface area contributed by atoms with Crippen molar-refractivity contribution in [1.29, 1.82) is 0 Å². The Hall–Kier alpha value is -5.65. The molecular formula is C40H51F2N7O9. The van der Waals surface area contributed by atoms with Gasteiger partial charge in [-0.15, -0.1) is 0 Å². The third-order valence-corrected chi connectivity index (χ3v) is 10.7. The number of likely N-dealkylation sites (N-methyl/N-ethyl adjacent to an activating group) is 1. The van der Waals surface area contributed by atoms with E-state index < -0.39 is 108 Å². The molecule has 3 aliphatic heterocycles. The van der Waals surface area contributed by atoms with Gasteiger partial charge in [-0.2, -0.15) is 0 Å². The number of carbonyl (C=O) groups is 7. The number of amides is 7. The van der Waals surface area contributed by atoms with Crippen LogP contribution in [0.15, 0.2) is 42.5 Å². The fourth-order valence-corrected chi connectivity index (χ4v) is 7.78. The Morgan fingerprint density at radius 3 is 2.24 bits per heavy atom. The summed E-state index contributed by atoms with van der Waals surface area (Å²) >= 11 is 0. The average molecular weight is 812 g/mol. The summed E-state index contributed by atoms with van der Waals surface area (Å²) in [5, 5.41) is 20.9. The third-order valence-electron chi connectivity index (χ3n) is 10.7. The normalized spacial score (nSPS) is 26.9. The van der Waals surface area contributed by atoms with E-state index in [0.717, 1.165) is 22.6 Å². The molecule has 0 radical (unpaired) electrons. The predicted molar refractivity (Wildman–Crippen MR) is 205 cm³/mol. The smallest absolute Gasteiger partial charge is 0.329 e. The zero-order chi connectivity index (χ0) is 42.6. The minimum Gasteiger partial charge on any atom is -0.458 e. The molecule has 3 saturated heterocycles. The Kier molecular flexibility index (Phi) is 13.7. The first-order valence-electron chi connectivity index (χ1n) is 19.3. The Morgan fingerprint density at radius 1 is 0.948 bits per heavy atom. The number of hydrogen-bond acceptors (Lipinski definition) is 9. The number of aryl methyl sites for hydroxylation is 1. The molecule has 2 aromatic carbocycles. The van der Waals surface area contributed by atoms with Crippen LogP contribution in [0.5, 0.6) is 0 Å². The van der Waals surface area contributed by atoms with Gasteiger partial charge in [0.05, 0.1) is 6.10 Å². The summed E-state index contributed by atoms with van der Waals surface area (Å²) in [5.74, 6) is -6.91. The highest BCUT2D eigenvalue weighted by Crippen LogP contribution is 2.27. The van der Waals surface area contributed by atoms with Crippen molar-refractivity contribution in [2.75, 3.05) is 25.5 Å². The molecule has 0 spiro atoms. The summed E-state index contributed by atoms with van der Waals surface area (Å²) in [4.78, 5) is 101. The number of nitrogens with zero attached hydrogens (tertiary/aromatic N) is 3. The zero-order valence-electron chi connectivity index (χ0n) is 33.3. The van der Waals surface area contributed by atoms with Crippen molar-refractivity contribution in [2.45, 2.75) is 109 Å². The number of halogens is 2. The maximum absolute atomic E-state index is 14.6. The molecule has 0 aromatic heterocycles. The monoisotopic (exact) mass is 811 g/mol. The lowest BCUT2D eigenvalue weighted by Crippen LogP contribution is -2.63. The topological polar surface area (TPSA) is 207 Å². The van der Waals surface area contributed by atoms with Gasteiger partial charge in [0.2, 0.25) is 29.5 Å². The number of aliphatic hydroxyl groups excluding tert-OH is 1. The van der Waals surface area contributed by atoms with Gasteiger partial charge in [-0.3, -0.25) is 24.0 Å². The molecule has 9 atom stereocenters.